The minimum atomic E-state index is -0.443. The number of rotatable bonds is 12. The van der Waals surface area contributed by atoms with Crippen LogP contribution in [-0.2, 0) is 11.3 Å². The zero-order valence-electron chi connectivity index (χ0n) is 16.9. The fourth-order valence-electron chi connectivity index (χ4n) is 2.98. The van der Waals surface area contributed by atoms with E-state index in [1.54, 1.807) is 18.2 Å². The van der Waals surface area contributed by atoms with Gasteiger partial charge in [0.15, 0.2) is 0 Å². The van der Waals surface area contributed by atoms with E-state index in [1.807, 2.05) is 6.07 Å². The molecule has 1 N–H and O–H groups in total. The van der Waals surface area contributed by atoms with Crippen LogP contribution in [0.4, 0.5) is 5.69 Å². The Balaban J connectivity index is 1.59. The predicted molar refractivity (Wildman–Crippen MR) is 116 cm³/mol. The SMILES string of the molecule is CCN(CCCCCNC(=O)C=Cc1ccc([N+](=O)[O-])cc1)Cc1ccccc1. The highest BCUT2D eigenvalue weighted by Crippen LogP contribution is 2.12. The van der Waals surface area contributed by atoms with Crippen molar-refractivity contribution < 1.29 is 9.72 Å². The van der Waals surface area contributed by atoms with Gasteiger partial charge in [0.05, 0.1) is 4.92 Å². The molecule has 0 aliphatic carbocycles. The molecular weight excluding hydrogens is 366 g/mol. The summed E-state index contributed by atoms with van der Waals surface area (Å²) in [5, 5.41) is 13.5. The van der Waals surface area contributed by atoms with Crippen LogP contribution in [0.1, 0.15) is 37.3 Å². The largest absolute Gasteiger partial charge is 0.353 e. The first-order chi connectivity index (χ1) is 14.1. The van der Waals surface area contributed by atoms with Gasteiger partial charge < -0.3 is 5.32 Å². The van der Waals surface area contributed by atoms with Crippen LogP contribution in [0.3, 0.4) is 0 Å². The Hall–Kier alpha value is -2.99. The quantitative estimate of drug-likeness (QED) is 0.250. The van der Waals surface area contributed by atoms with Crippen molar-refractivity contribution >= 4 is 17.7 Å². The Morgan fingerprint density at radius 2 is 1.79 bits per heavy atom. The number of nitro benzene ring substituents is 1. The fraction of sp³-hybridized carbons (Fsp3) is 0.348. The number of hydrogen-bond donors (Lipinski definition) is 1. The molecule has 2 rings (SSSR count). The molecule has 0 unspecified atom stereocenters. The number of carbonyl (C=O) groups is 1. The van der Waals surface area contributed by atoms with Crippen LogP contribution in [0.15, 0.2) is 60.7 Å². The van der Waals surface area contributed by atoms with Crippen molar-refractivity contribution in [3.05, 3.63) is 81.9 Å². The Bertz CT molecular complexity index is 789. The van der Waals surface area contributed by atoms with Crippen molar-refractivity contribution in [3.63, 3.8) is 0 Å². The van der Waals surface area contributed by atoms with E-state index >= 15 is 0 Å². The molecule has 29 heavy (non-hydrogen) atoms. The topological polar surface area (TPSA) is 75.5 Å². The van der Waals surface area contributed by atoms with Crippen molar-refractivity contribution in [2.75, 3.05) is 19.6 Å². The van der Waals surface area contributed by atoms with Crippen molar-refractivity contribution in [2.24, 2.45) is 0 Å². The molecule has 0 aromatic heterocycles. The van der Waals surface area contributed by atoms with Gasteiger partial charge in [-0.25, -0.2) is 0 Å². The van der Waals surface area contributed by atoms with Gasteiger partial charge in [0, 0.05) is 31.3 Å². The Morgan fingerprint density at radius 3 is 2.45 bits per heavy atom. The first kappa shape index (κ1) is 22.3. The summed E-state index contributed by atoms with van der Waals surface area (Å²) >= 11 is 0. The van der Waals surface area contributed by atoms with Crippen LogP contribution in [0.5, 0.6) is 0 Å². The van der Waals surface area contributed by atoms with Gasteiger partial charge in [0.25, 0.3) is 5.69 Å². The molecule has 0 heterocycles. The lowest BCUT2D eigenvalue weighted by Crippen LogP contribution is -2.25. The average Bonchev–Trinajstić information content (AvgIpc) is 2.74. The normalized spacial score (nSPS) is 11.1. The number of nitro groups is 1. The highest BCUT2D eigenvalue weighted by molar-refractivity contribution is 5.91. The van der Waals surface area contributed by atoms with Crippen LogP contribution >= 0.6 is 0 Å². The van der Waals surface area contributed by atoms with Crippen LogP contribution in [0, 0.1) is 10.1 Å². The first-order valence-corrected chi connectivity index (χ1v) is 10.0. The van der Waals surface area contributed by atoms with Gasteiger partial charge in [-0.05, 0) is 55.3 Å². The zero-order valence-corrected chi connectivity index (χ0v) is 16.9. The maximum absolute atomic E-state index is 11.9. The maximum atomic E-state index is 11.9. The van der Waals surface area contributed by atoms with Crippen molar-refractivity contribution in [1.82, 2.24) is 10.2 Å². The third kappa shape index (κ3) is 8.70. The van der Waals surface area contributed by atoms with Crippen molar-refractivity contribution in [3.8, 4) is 0 Å². The average molecular weight is 396 g/mol. The number of benzene rings is 2. The molecule has 0 saturated carbocycles. The smallest absolute Gasteiger partial charge is 0.269 e. The van der Waals surface area contributed by atoms with Gasteiger partial charge in [-0.1, -0.05) is 43.7 Å². The van der Waals surface area contributed by atoms with Crippen molar-refractivity contribution in [1.29, 1.82) is 0 Å². The molecule has 0 bridgehead atoms. The summed E-state index contributed by atoms with van der Waals surface area (Å²) in [6, 6.07) is 16.6. The molecule has 6 heteroatoms. The van der Waals surface area contributed by atoms with E-state index in [-0.39, 0.29) is 11.6 Å². The highest BCUT2D eigenvalue weighted by Gasteiger charge is 2.04. The summed E-state index contributed by atoms with van der Waals surface area (Å²) in [6.45, 7) is 5.88. The van der Waals surface area contributed by atoms with E-state index in [0.29, 0.717) is 6.54 Å². The lowest BCUT2D eigenvalue weighted by molar-refractivity contribution is -0.384. The van der Waals surface area contributed by atoms with E-state index < -0.39 is 4.92 Å². The second-order valence-electron chi connectivity index (χ2n) is 6.89. The number of hydrogen-bond acceptors (Lipinski definition) is 4. The minimum Gasteiger partial charge on any atom is -0.353 e. The predicted octanol–water partition coefficient (Wildman–Crippen LogP) is 4.42. The molecule has 6 nitrogen and oxygen atoms in total. The molecule has 154 valence electrons. The van der Waals surface area contributed by atoms with Crippen LogP contribution in [-0.4, -0.2) is 35.4 Å². The fourth-order valence-corrected chi connectivity index (χ4v) is 2.98. The Morgan fingerprint density at radius 1 is 1.07 bits per heavy atom. The molecule has 0 spiro atoms. The van der Waals surface area contributed by atoms with E-state index in [1.165, 1.54) is 23.8 Å². The molecule has 0 saturated heterocycles. The molecule has 0 radical (unpaired) electrons. The van der Waals surface area contributed by atoms with Gasteiger partial charge >= 0.3 is 0 Å². The molecule has 2 aromatic rings. The first-order valence-electron chi connectivity index (χ1n) is 10.0. The van der Waals surface area contributed by atoms with Gasteiger partial charge in [-0.3, -0.25) is 19.8 Å². The van der Waals surface area contributed by atoms with Gasteiger partial charge in [0.2, 0.25) is 5.91 Å². The number of nitrogens with one attached hydrogen (secondary N) is 1. The summed E-state index contributed by atoms with van der Waals surface area (Å²) < 4.78 is 0. The highest BCUT2D eigenvalue weighted by atomic mass is 16.6. The molecular formula is C23H29N3O3. The number of carbonyl (C=O) groups excluding carboxylic acids is 1. The van der Waals surface area contributed by atoms with E-state index in [4.69, 9.17) is 0 Å². The number of nitrogens with zero attached hydrogens (tertiary/aromatic N) is 2. The molecule has 0 fully saturated rings. The summed E-state index contributed by atoms with van der Waals surface area (Å²) in [4.78, 5) is 24.5. The minimum absolute atomic E-state index is 0.0389. The van der Waals surface area contributed by atoms with Gasteiger partial charge in [-0.15, -0.1) is 0 Å². The molecule has 0 atom stereocenters. The second kappa shape index (κ2) is 12.5. The van der Waals surface area contributed by atoms with Gasteiger partial charge in [-0.2, -0.15) is 0 Å². The van der Waals surface area contributed by atoms with Crippen LogP contribution in [0.2, 0.25) is 0 Å². The zero-order chi connectivity index (χ0) is 20.9. The van der Waals surface area contributed by atoms with Gasteiger partial charge in [0.1, 0.15) is 0 Å². The van der Waals surface area contributed by atoms with E-state index in [2.05, 4.69) is 41.4 Å². The Kier molecular flexibility index (Phi) is 9.59. The third-order valence-corrected chi connectivity index (χ3v) is 4.68. The second-order valence-corrected chi connectivity index (χ2v) is 6.89. The van der Waals surface area contributed by atoms with E-state index in [0.717, 1.165) is 44.5 Å². The summed E-state index contributed by atoms with van der Waals surface area (Å²) in [5.41, 5.74) is 2.13. The molecule has 0 aliphatic heterocycles. The number of unbranched alkanes of at least 4 members (excludes halogenated alkanes) is 2. The third-order valence-electron chi connectivity index (χ3n) is 4.68. The summed E-state index contributed by atoms with van der Waals surface area (Å²) in [6.07, 6.45) is 6.23. The standard InChI is InChI=1S/C23H29N3O3/c1-2-25(19-21-9-5-3-6-10-21)18-8-4-7-17-24-23(27)16-13-20-11-14-22(15-12-20)26(28)29/h3,5-6,9-16H,2,4,7-8,17-19H2,1H3,(H,24,27). The monoisotopic (exact) mass is 395 g/mol. The van der Waals surface area contributed by atoms with Crippen LogP contribution in [0.25, 0.3) is 6.08 Å². The summed E-state index contributed by atoms with van der Waals surface area (Å²) in [5.74, 6) is -0.150. The number of non-ortho nitro benzene ring substituents is 1. The molecule has 2 aromatic carbocycles. The molecule has 1 amide bonds. The Labute approximate surface area is 172 Å². The summed E-state index contributed by atoms with van der Waals surface area (Å²) in [7, 11) is 0. The lowest BCUT2D eigenvalue weighted by Gasteiger charge is -2.20. The van der Waals surface area contributed by atoms with Crippen LogP contribution < -0.4 is 5.32 Å². The lowest BCUT2D eigenvalue weighted by atomic mass is 10.2. The van der Waals surface area contributed by atoms with E-state index in [9.17, 15) is 14.9 Å². The maximum Gasteiger partial charge on any atom is 0.269 e. The number of amides is 1. The van der Waals surface area contributed by atoms with Crippen molar-refractivity contribution in [2.45, 2.75) is 32.7 Å². The molecule has 0 aliphatic rings.